The van der Waals surface area contributed by atoms with E-state index in [0.29, 0.717) is 12.4 Å². The van der Waals surface area contributed by atoms with Gasteiger partial charge in [0.15, 0.2) is 0 Å². The van der Waals surface area contributed by atoms with Gasteiger partial charge in [-0.2, -0.15) is 0 Å². The molecule has 106 valence electrons. The van der Waals surface area contributed by atoms with Crippen LogP contribution in [0.15, 0.2) is 4.79 Å². The molecule has 0 unspecified atom stereocenters. The average molecular weight is 286 g/mol. The lowest BCUT2D eigenvalue weighted by molar-refractivity contribution is 0.226. The summed E-state index contributed by atoms with van der Waals surface area (Å²) in [7, 11) is 0. The molecule has 6 nitrogen and oxygen atoms in total. The van der Waals surface area contributed by atoms with E-state index < -0.39 is 0 Å². The Morgan fingerprint density at radius 2 is 2.16 bits per heavy atom. The predicted molar refractivity (Wildman–Crippen MR) is 75.7 cm³/mol. The van der Waals surface area contributed by atoms with Crippen molar-refractivity contribution in [3.8, 4) is 0 Å². The van der Waals surface area contributed by atoms with Crippen molar-refractivity contribution in [2.75, 3.05) is 25.0 Å². The molecule has 1 aliphatic rings. The van der Waals surface area contributed by atoms with Gasteiger partial charge in [-0.3, -0.25) is 9.36 Å². The number of hydrogen-bond donors (Lipinski definition) is 1. The number of rotatable bonds is 4. The molecule has 0 amide bonds. The van der Waals surface area contributed by atoms with Gasteiger partial charge in [0.05, 0.1) is 0 Å². The number of likely N-dealkylation sites (tertiary alicyclic amines) is 1. The number of likely N-dealkylation sites (N-methyl/N-ethyl adjacent to an activating group) is 1. The molecule has 0 aromatic carbocycles. The van der Waals surface area contributed by atoms with E-state index in [-0.39, 0.29) is 16.9 Å². The molecule has 0 radical (unpaired) electrons. The van der Waals surface area contributed by atoms with Crippen LogP contribution in [0, 0.1) is 0 Å². The van der Waals surface area contributed by atoms with Crippen molar-refractivity contribution in [3.05, 3.63) is 15.6 Å². The molecule has 1 aliphatic heterocycles. The highest BCUT2D eigenvalue weighted by Gasteiger charge is 2.20. The molecule has 2 rings (SSSR count). The second-order valence-electron chi connectivity index (χ2n) is 4.74. The van der Waals surface area contributed by atoms with Crippen molar-refractivity contribution in [2.45, 2.75) is 39.3 Å². The number of nitrogens with one attached hydrogen (secondary N) is 1. The number of aromatic nitrogens is 3. The van der Waals surface area contributed by atoms with Gasteiger partial charge >= 0.3 is 0 Å². The van der Waals surface area contributed by atoms with Crippen LogP contribution < -0.4 is 10.9 Å². The quantitative estimate of drug-likeness (QED) is 0.901. The van der Waals surface area contributed by atoms with Crippen molar-refractivity contribution in [3.63, 3.8) is 0 Å². The summed E-state index contributed by atoms with van der Waals surface area (Å²) < 4.78 is 1.41. The molecule has 1 aromatic rings. The second-order valence-corrected chi connectivity index (χ2v) is 5.08. The molecule has 7 heteroatoms. The number of halogens is 1. The first kappa shape index (κ1) is 14.3. The topological polar surface area (TPSA) is 63.0 Å². The van der Waals surface area contributed by atoms with Crippen molar-refractivity contribution >= 4 is 17.4 Å². The Bertz CT molecular complexity index is 489. The number of nitrogens with zero attached hydrogens (tertiary/aromatic N) is 4. The first-order valence-corrected chi connectivity index (χ1v) is 7.15. The molecule has 1 N–H and O–H groups in total. The summed E-state index contributed by atoms with van der Waals surface area (Å²) >= 11 is 5.84. The van der Waals surface area contributed by atoms with Crippen LogP contribution in [0.2, 0.25) is 5.28 Å². The number of hydrogen-bond acceptors (Lipinski definition) is 5. The zero-order valence-electron chi connectivity index (χ0n) is 11.4. The monoisotopic (exact) mass is 285 g/mol. The normalized spacial score (nSPS) is 20.5. The van der Waals surface area contributed by atoms with E-state index in [1.807, 2.05) is 6.92 Å². The molecule has 0 aliphatic carbocycles. The van der Waals surface area contributed by atoms with Gasteiger partial charge in [0, 0.05) is 19.1 Å². The Hall–Kier alpha value is -1.14. The van der Waals surface area contributed by atoms with Crippen LogP contribution in [-0.2, 0) is 6.54 Å². The summed E-state index contributed by atoms with van der Waals surface area (Å²) in [5.74, 6) is 0.300. The summed E-state index contributed by atoms with van der Waals surface area (Å²) in [6.45, 7) is 7.59. The predicted octanol–water partition coefficient (Wildman–Crippen LogP) is 1.21. The van der Waals surface area contributed by atoms with Crippen LogP contribution in [0.1, 0.15) is 26.7 Å². The van der Waals surface area contributed by atoms with Gasteiger partial charge in [-0.15, -0.1) is 10.2 Å². The van der Waals surface area contributed by atoms with E-state index in [4.69, 9.17) is 11.6 Å². The summed E-state index contributed by atoms with van der Waals surface area (Å²) in [6.07, 6.45) is 2.18. The Kier molecular flexibility index (Phi) is 4.76. The second kappa shape index (κ2) is 6.34. The van der Waals surface area contributed by atoms with Gasteiger partial charge in [-0.25, -0.2) is 0 Å². The first-order chi connectivity index (χ1) is 9.15. The van der Waals surface area contributed by atoms with Crippen molar-refractivity contribution < 1.29 is 0 Å². The maximum atomic E-state index is 12.1. The lowest BCUT2D eigenvalue weighted by atomic mass is 10.1. The van der Waals surface area contributed by atoms with Gasteiger partial charge in [-0.1, -0.05) is 6.92 Å². The van der Waals surface area contributed by atoms with Crippen LogP contribution in [0.5, 0.6) is 0 Å². The minimum Gasteiger partial charge on any atom is -0.360 e. The molecule has 2 heterocycles. The molecule has 0 spiro atoms. The Balaban J connectivity index is 2.13. The van der Waals surface area contributed by atoms with Gasteiger partial charge < -0.3 is 10.2 Å². The fraction of sp³-hybridized carbons (Fsp3) is 0.750. The number of piperidine rings is 1. The summed E-state index contributed by atoms with van der Waals surface area (Å²) in [6, 6.07) is 0.252. The third kappa shape index (κ3) is 3.25. The lowest BCUT2D eigenvalue weighted by Crippen LogP contribution is -2.43. The maximum Gasteiger partial charge on any atom is 0.297 e. The standard InChI is InChI=1S/C12H20ClN5O/c1-3-17-7-5-6-9(8-17)14-10-11(19)18(4-2)12(13)16-15-10/h9H,3-8H2,1-2H3,(H,14,15)/t9-/m1/s1. The van der Waals surface area contributed by atoms with E-state index in [1.54, 1.807) is 0 Å². The smallest absolute Gasteiger partial charge is 0.297 e. The molecular weight excluding hydrogens is 266 g/mol. The minimum atomic E-state index is -0.198. The lowest BCUT2D eigenvalue weighted by Gasteiger charge is -2.32. The summed E-state index contributed by atoms with van der Waals surface area (Å²) in [5.41, 5.74) is -0.198. The molecule has 1 saturated heterocycles. The van der Waals surface area contributed by atoms with Crippen LogP contribution >= 0.6 is 11.6 Å². The van der Waals surface area contributed by atoms with Gasteiger partial charge in [0.25, 0.3) is 5.56 Å². The molecule has 1 fully saturated rings. The molecule has 1 atom stereocenters. The summed E-state index contributed by atoms with van der Waals surface area (Å²) in [4.78, 5) is 14.5. The Morgan fingerprint density at radius 1 is 1.37 bits per heavy atom. The van der Waals surface area contributed by atoms with E-state index in [0.717, 1.165) is 32.5 Å². The third-order valence-corrected chi connectivity index (χ3v) is 3.79. The summed E-state index contributed by atoms with van der Waals surface area (Å²) in [5, 5.41) is 11.0. The average Bonchev–Trinajstić information content (AvgIpc) is 2.43. The van der Waals surface area contributed by atoms with E-state index in [2.05, 4.69) is 27.3 Å². The zero-order valence-corrected chi connectivity index (χ0v) is 12.2. The van der Waals surface area contributed by atoms with Crippen molar-refractivity contribution in [1.29, 1.82) is 0 Å². The third-order valence-electron chi connectivity index (χ3n) is 3.51. The van der Waals surface area contributed by atoms with Crippen LogP contribution in [0.3, 0.4) is 0 Å². The molecule has 0 bridgehead atoms. The molecule has 1 aromatic heterocycles. The largest absolute Gasteiger partial charge is 0.360 e. The molecule has 0 saturated carbocycles. The van der Waals surface area contributed by atoms with Crippen molar-refractivity contribution in [2.24, 2.45) is 0 Å². The SMILES string of the molecule is CCN1CCC[C@@H](Nc2nnc(Cl)n(CC)c2=O)C1. The minimum absolute atomic E-state index is 0.136. The van der Waals surface area contributed by atoms with Gasteiger partial charge in [0.2, 0.25) is 11.1 Å². The van der Waals surface area contributed by atoms with Gasteiger partial charge in [-0.05, 0) is 44.5 Å². The van der Waals surface area contributed by atoms with E-state index in [1.165, 1.54) is 4.57 Å². The molecule has 19 heavy (non-hydrogen) atoms. The van der Waals surface area contributed by atoms with Crippen LogP contribution in [-0.4, -0.2) is 45.3 Å². The van der Waals surface area contributed by atoms with Crippen LogP contribution in [0.4, 0.5) is 5.82 Å². The maximum absolute atomic E-state index is 12.1. The number of anilines is 1. The van der Waals surface area contributed by atoms with E-state index >= 15 is 0 Å². The Morgan fingerprint density at radius 3 is 2.84 bits per heavy atom. The fourth-order valence-corrected chi connectivity index (χ4v) is 2.65. The van der Waals surface area contributed by atoms with Crippen LogP contribution in [0.25, 0.3) is 0 Å². The fourth-order valence-electron chi connectivity index (χ4n) is 2.42. The molecular formula is C12H20ClN5O. The van der Waals surface area contributed by atoms with E-state index in [9.17, 15) is 4.79 Å². The highest BCUT2D eigenvalue weighted by Crippen LogP contribution is 2.13. The van der Waals surface area contributed by atoms with Gasteiger partial charge in [0.1, 0.15) is 0 Å². The van der Waals surface area contributed by atoms with Crippen molar-refractivity contribution in [1.82, 2.24) is 19.7 Å². The zero-order chi connectivity index (χ0) is 13.8. The highest BCUT2D eigenvalue weighted by atomic mass is 35.5. The Labute approximate surface area is 117 Å². The first-order valence-electron chi connectivity index (χ1n) is 6.77. The highest BCUT2D eigenvalue weighted by molar-refractivity contribution is 6.28.